The first kappa shape index (κ1) is 12.8. The second kappa shape index (κ2) is 5.34. The van der Waals surface area contributed by atoms with Gasteiger partial charge in [0.15, 0.2) is 0 Å². The van der Waals surface area contributed by atoms with Crippen LogP contribution in [0.15, 0.2) is 30.3 Å². The molecule has 0 bridgehead atoms. The van der Waals surface area contributed by atoms with Gasteiger partial charge >= 0.3 is 0 Å². The molecule has 4 nitrogen and oxygen atoms in total. The van der Waals surface area contributed by atoms with E-state index in [-0.39, 0.29) is 22.2 Å². The lowest BCUT2D eigenvalue weighted by molar-refractivity contribution is 0.631. The molecular weight excluding hydrogens is 267 g/mol. The van der Waals surface area contributed by atoms with Gasteiger partial charge in [0.1, 0.15) is 16.8 Å². The van der Waals surface area contributed by atoms with Gasteiger partial charge in [-0.3, -0.25) is 0 Å². The lowest BCUT2D eigenvalue weighted by Gasteiger charge is -2.07. The van der Waals surface area contributed by atoms with Crippen molar-refractivity contribution in [2.24, 2.45) is 0 Å². The standard InChI is InChI=1S/C13H6ClFN4/c14-12-4-9(7-17)5-13(19-12)18-11-2-1-8(6-16)3-10(11)15/h1-5H,(H,18,19). The second-order valence-electron chi connectivity index (χ2n) is 3.61. The number of hydrogen-bond donors (Lipinski definition) is 1. The van der Waals surface area contributed by atoms with Crippen molar-refractivity contribution in [1.29, 1.82) is 10.5 Å². The highest BCUT2D eigenvalue weighted by Crippen LogP contribution is 2.21. The van der Waals surface area contributed by atoms with Crippen LogP contribution in [-0.4, -0.2) is 4.98 Å². The molecule has 19 heavy (non-hydrogen) atoms. The molecule has 2 aromatic rings. The number of halogens is 2. The Kier molecular flexibility index (Phi) is 3.61. The number of rotatable bonds is 2. The molecule has 0 amide bonds. The van der Waals surface area contributed by atoms with E-state index in [1.165, 1.54) is 24.3 Å². The van der Waals surface area contributed by atoms with Crippen LogP contribution in [0.2, 0.25) is 5.15 Å². The monoisotopic (exact) mass is 272 g/mol. The maximum atomic E-state index is 13.7. The van der Waals surface area contributed by atoms with E-state index < -0.39 is 5.82 Å². The van der Waals surface area contributed by atoms with Gasteiger partial charge in [-0.2, -0.15) is 10.5 Å². The fraction of sp³-hybridized carbons (Fsp3) is 0. The Hall–Kier alpha value is -2.63. The van der Waals surface area contributed by atoms with Crippen LogP contribution in [0, 0.1) is 28.5 Å². The fourth-order valence-electron chi connectivity index (χ4n) is 1.45. The normalized spacial score (nSPS) is 9.47. The van der Waals surface area contributed by atoms with Crippen molar-refractivity contribution in [3.63, 3.8) is 0 Å². The highest BCUT2D eigenvalue weighted by atomic mass is 35.5. The summed E-state index contributed by atoms with van der Waals surface area (Å²) in [4.78, 5) is 3.93. The molecule has 1 heterocycles. The minimum absolute atomic E-state index is 0.135. The summed E-state index contributed by atoms with van der Waals surface area (Å²) in [6.45, 7) is 0. The van der Waals surface area contributed by atoms with Crippen molar-refractivity contribution in [1.82, 2.24) is 4.98 Å². The van der Waals surface area contributed by atoms with Gasteiger partial charge in [0.2, 0.25) is 0 Å². The summed E-state index contributed by atoms with van der Waals surface area (Å²) in [5.74, 6) is -0.327. The van der Waals surface area contributed by atoms with Crippen molar-refractivity contribution in [3.05, 3.63) is 52.4 Å². The molecule has 0 fully saturated rings. The summed E-state index contributed by atoms with van der Waals surface area (Å²) in [6.07, 6.45) is 0. The van der Waals surface area contributed by atoms with Crippen LogP contribution in [-0.2, 0) is 0 Å². The van der Waals surface area contributed by atoms with Crippen LogP contribution < -0.4 is 5.32 Å². The first-order chi connectivity index (χ1) is 9.12. The Bertz CT molecular complexity index is 716. The first-order valence-electron chi connectivity index (χ1n) is 5.17. The van der Waals surface area contributed by atoms with E-state index in [9.17, 15) is 4.39 Å². The quantitative estimate of drug-likeness (QED) is 0.851. The van der Waals surface area contributed by atoms with E-state index in [1.54, 1.807) is 0 Å². The smallest absolute Gasteiger partial charge is 0.147 e. The third-order valence-corrected chi connectivity index (χ3v) is 2.48. The molecule has 0 spiro atoms. The highest BCUT2D eigenvalue weighted by Gasteiger charge is 2.06. The summed E-state index contributed by atoms with van der Waals surface area (Å²) in [5, 5.41) is 20.3. The van der Waals surface area contributed by atoms with E-state index >= 15 is 0 Å². The molecule has 0 saturated carbocycles. The Balaban J connectivity index is 2.34. The molecule has 92 valence electrons. The molecule has 6 heteroatoms. The third-order valence-electron chi connectivity index (χ3n) is 2.28. The van der Waals surface area contributed by atoms with Crippen molar-refractivity contribution in [2.75, 3.05) is 5.32 Å². The summed E-state index contributed by atoms with van der Waals surface area (Å²) in [6, 6.07) is 10.6. The number of aromatic nitrogens is 1. The Labute approximate surface area is 113 Å². The number of nitrogens with one attached hydrogen (secondary N) is 1. The van der Waals surface area contributed by atoms with Gasteiger partial charge in [-0.1, -0.05) is 11.6 Å². The fourth-order valence-corrected chi connectivity index (χ4v) is 1.66. The Morgan fingerprint density at radius 2 is 1.84 bits per heavy atom. The molecule has 0 saturated heterocycles. The van der Waals surface area contributed by atoms with Crippen LogP contribution in [0.4, 0.5) is 15.9 Å². The zero-order valence-corrected chi connectivity index (χ0v) is 10.2. The highest BCUT2D eigenvalue weighted by molar-refractivity contribution is 6.29. The van der Waals surface area contributed by atoms with E-state index in [4.69, 9.17) is 22.1 Å². The Morgan fingerprint density at radius 1 is 1.11 bits per heavy atom. The van der Waals surface area contributed by atoms with Gasteiger partial charge in [0, 0.05) is 0 Å². The molecule has 0 aliphatic heterocycles. The molecular formula is C13H6ClFN4. The molecule has 0 aliphatic rings. The summed E-state index contributed by atoms with van der Waals surface area (Å²) in [7, 11) is 0. The van der Waals surface area contributed by atoms with Gasteiger partial charge in [-0.15, -0.1) is 0 Å². The van der Waals surface area contributed by atoms with E-state index in [1.807, 2.05) is 12.1 Å². The van der Waals surface area contributed by atoms with Crippen LogP contribution in [0.3, 0.4) is 0 Å². The molecule has 1 N–H and O–H groups in total. The number of pyridine rings is 1. The zero-order valence-electron chi connectivity index (χ0n) is 9.48. The summed E-state index contributed by atoms with van der Waals surface area (Å²) >= 11 is 5.74. The summed E-state index contributed by atoms with van der Waals surface area (Å²) < 4.78 is 13.7. The largest absolute Gasteiger partial charge is 0.338 e. The lowest BCUT2D eigenvalue weighted by Crippen LogP contribution is -1.97. The Morgan fingerprint density at radius 3 is 2.47 bits per heavy atom. The average molecular weight is 273 g/mol. The van der Waals surface area contributed by atoms with Crippen LogP contribution >= 0.6 is 11.6 Å². The van der Waals surface area contributed by atoms with E-state index in [2.05, 4.69) is 10.3 Å². The molecule has 0 radical (unpaired) electrons. The molecule has 0 unspecified atom stereocenters. The number of hydrogen-bond acceptors (Lipinski definition) is 4. The molecule has 0 atom stereocenters. The number of benzene rings is 1. The van der Waals surface area contributed by atoms with Crippen LogP contribution in [0.25, 0.3) is 0 Å². The maximum Gasteiger partial charge on any atom is 0.147 e. The van der Waals surface area contributed by atoms with E-state index in [0.29, 0.717) is 5.56 Å². The van der Waals surface area contributed by atoms with Crippen molar-refractivity contribution >= 4 is 23.1 Å². The van der Waals surface area contributed by atoms with Crippen LogP contribution in [0.5, 0.6) is 0 Å². The number of nitriles is 2. The van der Waals surface area contributed by atoms with Gasteiger partial charge in [-0.25, -0.2) is 9.37 Å². The SMILES string of the molecule is N#Cc1cc(Cl)nc(Nc2ccc(C#N)cc2F)c1. The average Bonchev–Trinajstić information content (AvgIpc) is 2.40. The van der Waals surface area contributed by atoms with Gasteiger partial charge < -0.3 is 5.32 Å². The predicted molar refractivity (Wildman–Crippen MR) is 68.4 cm³/mol. The number of anilines is 2. The minimum Gasteiger partial charge on any atom is -0.338 e. The molecule has 0 aliphatic carbocycles. The first-order valence-corrected chi connectivity index (χ1v) is 5.54. The maximum absolute atomic E-state index is 13.7. The predicted octanol–water partition coefficient (Wildman–Crippen LogP) is 3.36. The lowest BCUT2D eigenvalue weighted by atomic mass is 10.2. The van der Waals surface area contributed by atoms with Gasteiger partial charge in [-0.05, 0) is 30.3 Å². The van der Waals surface area contributed by atoms with E-state index in [0.717, 1.165) is 6.07 Å². The minimum atomic E-state index is -0.584. The third kappa shape index (κ3) is 2.98. The molecule has 2 rings (SSSR count). The van der Waals surface area contributed by atoms with Crippen LogP contribution in [0.1, 0.15) is 11.1 Å². The second-order valence-corrected chi connectivity index (χ2v) is 3.99. The zero-order chi connectivity index (χ0) is 13.8. The molecule has 1 aromatic carbocycles. The molecule has 1 aromatic heterocycles. The van der Waals surface area contributed by atoms with Crippen molar-refractivity contribution in [2.45, 2.75) is 0 Å². The van der Waals surface area contributed by atoms with Gasteiger partial charge in [0.05, 0.1) is 29.0 Å². The topological polar surface area (TPSA) is 72.5 Å². The van der Waals surface area contributed by atoms with Gasteiger partial charge in [0.25, 0.3) is 0 Å². The summed E-state index contributed by atoms with van der Waals surface area (Å²) in [5.41, 5.74) is 0.689. The number of nitrogens with zero attached hydrogens (tertiary/aromatic N) is 3. The van der Waals surface area contributed by atoms with Crippen molar-refractivity contribution < 1.29 is 4.39 Å². The van der Waals surface area contributed by atoms with Crippen molar-refractivity contribution in [3.8, 4) is 12.1 Å².